The third-order valence-corrected chi connectivity index (χ3v) is 3.59. The minimum Gasteiger partial charge on any atom is -0.507 e. The summed E-state index contributed by atoms with van der Waals surface area (Å²) in [4.78, 5) is 0. The zero-order valence-electron chi connectivity index (χ0n) is 12.7. The van der Waals surface area contributed by atoms with E-state index in [1.807, 2.05) is 45.0 Å². The van der Waals surface area contributed by atoms with Crippen LogP contribution in [0.1, 0.15) is 32.2 Å². The van der Waals surface area contributed by atoms with Gasteiger partial charge in [0.2, 0.25) is 0 Å². The number of hydrogen-bond donors (Lipinski definition) is 1. The number of aromatic hydroxyl groups is 1. The first kappa shape index (κ1) is 14.1. The van der Waals surface area contributed by atoms with Gasteiger partial charge < -0.3 is 5.11 Å². The lowest BCUT2D eigenvalue weighted by atomic mass is 9.90. The van der Waals surface area contributed by atoms with Crippen LogP contribution >= 0.6 is 0 Å². The predicted molar refractivity (Wildman–Crippen MR) is 83.9 cm³/mol. The molecular formula is C17H16N4O. The van der Waals surface area contributed by atoms with Gasteiger partial charge in [-0.25, -0.2) is 4.68 Å². The summed E-state index contributed by atoms with van der Waals surface area (Å²) < 4.78 is 1.69. The highest BCUT2D eigenvalue weighted by Crippen LogP contribution is 2.32. The molecule has 0 aliphatic rings. The van der Waals surface area contributed by atoms with E-state index in [0.29, 0.717) is 5.69 Å². The van der Waals surface area contributed by atoms with Crippen molar-refractivity contribution in [3.8, 4) is 17.5 Å². The summed E-state index contributed by atoms with van der Waals surface area (Å²) in [6, 6.07) is 13.1. The topological polar surface area (TPSA) is 74.7 Å². The second-order valence-electron chi connectivity index (χ2n) is 6.21. The van der Waals surface area contributed by atoms with E-state index < -0.39 is 0 Å². The minimum atomic E-state index is -0.284. The first-order valence-corrected chi connectivity index (χ1v) is 7.01. The van der Waals surface area contributed by atoms with Gasteiger partial charge in [-0.2, -0.15) is 5.26 Å². The molecule has 5 heteroatoms. The van der Waals surface area contributed by atoms with Crippen LogP contribution in [0.15, 0.2) is 36.4 Å². The van der Waals surface area contributed by atoms with Crippen molar-refractivity contribution in [2.45, 2.75) is 26.2 Å². The molecule has 0 saturated heterocycles. The third-order valence-electron chi connectivity index (χ3n) is 3.59. The quantitative estimate of drug-likeness (QED) is 0.746. The van der Waals surface area contributed by atoms with Crippen molar-refractivity contribution in [2.24, 2.45) is 0 Å². The molecule has 0 bridgehead atoms. The van der Waals surface area contributed by atoms with E-state index in [2.05, 4.69) is 16.4 Å². The number of aromatic nitrogens is 3. The summed E-state index contributed by atoms with van der Waals surface area (Å²) >= 11 is 0. The van der Waals surface area contributed by atoms with Gasteiger partial charge in [0, 0.05) is 16.2 Å². The Morgan fingerprint density at radius 3 is 2.45 bits per heavy atom. The maximum Gasteiger partial charge on any atom is 0.186 e. The Labute approximate surface area is 128 Å². The third kappa shape index (κ3) is 2.09. The van der Waals surface area contributed by atoms with E-state index in [9.17, 15) is 10.4 Å². The lowest BCUT2D eigenvalue weighted by Crippen LogP contribution is -2.19. The maximum atomic E-state index is 10.0. The Hall–Kier alpha value is -2.87. The number of phenols is 1. The Morgan fingerprint density at radius 2 is 1.77 bits per heavy atom. The van der Waals surface area contributed by atoms with Crippen LogP contribution < -0.4 is 0 Å². The predicted octanol–water partition coefficient (Wildman–Crippen LogP) is 3.30. The molecule has 1 aromatic heterocycles. The lowest BCUT2D eigenvalue weighted by molar-refractivity contribution is 0.481. The van der Waals surface area contributed by atoms with Gasteiger partial charge in [-0.05, 0) is 12.1 Å². The Bertz CT molecular complexity index is 897. The molecule has 22 heavy (non-hydrogen) atoms. The molecule has 110 valence electrons. The van der Waals surface area contributed by atoms with Gasteiger partial charge in [-0.15, -0.1) is 5.10 Å². The monoisotopic (exact) mass is 292 g/mol. The summed E-state index contributed by atoms with van der Waals surface area (Å²) in [5, 5.41) is 29.1. The number of rotatable bonds is 1. The Morgan fingerprint density at radius 1 is 1.09 bits per heavy atom. The van der Waals surface area contributed by atoms with Crippen LogP contribution in [-0.4, -0.2) is 20.1 Å². The number of nitriles is 1. The van der Waals surface area contributed by atoms with Gasteiger partial charge in [-0.1, -0.05) is 50.3 Å². The van der Waals surface area contributed by atoms with Crippen molar-refractivity contribution in [1.82, 2.24) is 15.0 Å². The van der Waals surface area contributed by atoms with Crippen LogP contribution in [0.3, 0.4) is 0 Å². The van der Waals surface area contributed by atoms with Crippen molar-refractivity contribution >= 4 is 10.8 Å². The molecule has 0 atom stereocenters. The molecule has 0 saturated carbocycles. The first-order valence-electron chi connectivity index (χ1n) is 7.01. The number of hydrogen-bond acceptors (Lipinski definition) is 4. The molecule has 0 aliphatic carbocycles. The fraction of sp³-hybridized carbons (Fsp3) is 0.235. The molecule has 3 rings (SSSR count). The number of nitrogens with zero attached hydrogens (tertiary/aromatic N) is 4. The van der Waals surface area contributed by atoms with Crippen molar-refractivity contribution in [1.29, 1.82) is 5.26 Å². The minimum absolute atomic E-state index is 0.220. The number of phenolic OH excluding ortho intramolecular Hbond substituents is 1. The zero-order valence-corrected chi connectivity index (χ0v) is 12.7. The molecule has 0 aliphatic heterocycles. The van der Waals surface area contributed by atoms with Crippen LogP contribution in [0, 0.1) is 11.3 Å². The van der Waals surface area contributed by atoms with Gasteiger partial charge in [-0.3, -0.25) is 0 Å². The highest BCUT2D eigenvalue weighted by molar-refractivity contribution is 5.94. The van der Waals surface area contributed by atoms with E-state index in [-0.39, 0.29) is 11.2 Å². The molecule has 5 nitrogen and oxygen atoms in total. The molecule has 0 spiro atoms. The van der Waals surface area contributed by atoms with Crippen molar-refractivity contribution in [3.63, 3.8) is 0 Å². The molecule has 2 aromatic carbocycles. The second-order valence-corrected chi connectivity index (χ2v) is 6.21. The molecule has 0 unspecified atom stereocenters. The van der Waals surface area contributed by atoms with Crippen LogP contribution in [0.25, 0.3) is 16.5 Å². The van der Waals surface area contributed by atoms with Crippen molar-refractivity contribution in [2.75, 3.05) is 0 Å². The molecule has 0 amide bonds. The lowest BCUT2D eigenvalue weighted by Gasteiger charge is -2.20. The maximum absolute atomic E-state index is 10.0. The van der Waals surface area contributed by atoms with Crippen LogP contribution in [0.4, 0.5) is 0 Å². The van der Waals surface area contributed by atoms with Gasteiger partial charge in [0.15, 0.2) is 5.69 Å². The van der Waals surface area contributed by atoms with Gasteiger partial charge in [0.25, 0.3) is 0 Å². The number of benzene rings is 2. The fourth-order valence-electron chi connectivity index (χ4n) is 2.66. The summed E-state index contributed by atoms with van der Waals surface area (Å²) in [6.45, 7) is 6.06. The van der Waals surface area contributed by atoms with E-state index >= 15 is 0 Å². The molecule has 1 N–H and O–H groups in total. The summed E-state index contributed by atoms with van der Waals surface area (Å²) in [5.74, 6) is 0.220. The highest BCUT2D eigenvalue weighted by atomic mass is 16.3. The average Bonchev–Trinajstić information content (AvgIpc) is 2.91. The normalized spacial score (nSPS) is 11.5. The standard InChI is InChI=1S/C17H16N4O/c1-17(2,3)16-13(10-18)19-20-21(16)14-8-4-7-12-11(14)6-5-9-15(12)22/h4-9,22H,1-3H3. The van der Waals surface area contributed by atoms with Crippen LogP contribution in [0.2, 0.25) is 0 Å². The smallest absolute Gasteiger partial charge is 0.186 e. The molecular weight excluding hydrogens is 276 g/mol. The summed E-state index contributed by atoms with van der Waals surface area (Å²) in [7, 11) is 0. The molecule has 3 aromatic rings. The van der Waals surface area contributed by atoms with Gasteiger partial charge >= 0.3 is 0 Å². The van der Waals surface area contributed by atoms with Crippen molar-refractivity contribution < 1.29 is 5.11 Å². The van der Waals surface area contributed by atoms with E-state index in [4.69, 9.17) is 0 Å². The molecule has 0 fully saturated rings. The zero-order chi connectivity index (χ0) is 15.9. The summed E-state index contributed by atoms with van der Waals surface area (Å²) in [5.41, 5.74) is 1.59. The first-order chi connectivity index (χ1) is 10.4. The van der Waals surface area contributed by atoms with Gasteiger partial charge in [0.1, 0.15) is 11.8 Å². The van der Waals surface area contributed by atoms with Gasteiger partial charge in [0.05, 0.1) is 11.4 Å². The second kappa shape index (κ2) is 4.85. The molecule has 1 heterocycles. The van der Waals surface area contributed by atoms with Crippen LogP contribution in [-0.2, 0) is 5.41 Å². The fourth-order valence-corrected chi connectivity index (χ4v) is 2.66. The highest BCUT2D eigenvalue weighted by Gasteiger charge is 2.26. The SMILES string of the molecule is CC(C)(C)c1c(C#N)nnn1-c1cccc2c(O)cccc12. The van der Waals surface area contributed by atoms with Crippen LogP contribution in [0.5, 0.6) is 5.75 Å². The molecule has 0 radical (unpaired) electrons. The average molecular weight is 292 g/mol. The van der Waals surface area contributed by atoms with E-state index in [0.717, 1.165) is 22.2 Å². The largest absolute Gasteiger partial charge is 0.507 e. The number of fused-ring (bicyclic) bond motifs is 1. The Balaban J connectivity index is 2.37. The van der Waals surface area contributed by atoms with E-state index in [1.165, 1.54) is 0 Å². The van der Waals surface area contributed by atoms with E-state index in [1.54, 1.807) is 16.8 Å². The van der Waals surface area contributed by atoms with Crippen molar-refractivity contribution in [3.05, 3.63) is 47.8 Å². The summed E-state index contributed by atoms with van der Waals surface area (Å²) in [6.07, 6.45) is 0. The Kier molecular flexibility index (Phi) is 3.10.